The SMILES string of the molecule is [B]NC12CNCCNCC(N)(CNCCNC1)CNCCNC2. The van der Waals surface area contributed by atoms with Gasteiger partial charge in [0.05, 0.1) is 5.54 Å². The van der Waals surface area contributed by atoms with E-state index in [0.29, 0.717) is 0 Å². The highest BCUT2D eigenvalue weighted by Gasteiger charge is 2.28. The minimum absolute atomic E-state index is 0.203. The summed E-state index contributed by atoms with van der Waals surface area (Å²) in [5, 5.41) is 23.9. The molecule has 0 aliphatic carbocycles. The van der Waals surface area contributed by atoms with E-state index in [1.54, 1.807) is 0 Å². The lowest BCUT2D eigenvalue weighted by Gasteiger charge is -2.37. The molecule has 9 N–H and O–H groups in total. The van der Waals surface area contributed by atoms with E-state index in [1.165, 1.54) is 0 Å². The topological polar surface area (TPSA) is 110 Å². The Hall–Kier alpha value is -0.255. The smallest absolute Gasteiger partial charge is 0.178 e. The molecule has 3 rings (SSSR count). The molecule has 132 valence electrons. The van der Waals surface area contributed by atoms with Crippen molar-refractivity contribution in [1.29, 1.82) is 0 Å². The Balaban J connectivity index is 2.06. The minimum atomic E-state index is -0.281. The summed E-state index contributed by atoms with van der Waals surface area (Å²) >= 11 is 0. The fraction of sp³-hybridized carbons (Fsp3) is 1.00. The zero-order valence-electron chi connectivity index (χ0n) is 14.1. The molecule has 0 spiro atoms. The lowest BCUT2D eigenvalue weighted by Crippen LogP contribution is -2.65. The molecule has 0 aromatic heterocycles. The van der Waals surface area contributed by atoms with Crippen LogP contribution >= 0.6 is 0 Å². The van der Waals surface area contributed by atoms with Gasteiger partial charge < -0.3 is 42.9 Å². The largest absolute Gasteiger partial charge is 0.358 e. The Bertz CT molecular complexity index is 286. The van der Waals surface area contributed by atoms with E-state index in [-0.39, 0.29) is 11.1 Å². The van der Waals surface area contributed by atoms with Gasteiger partial charge in [-0.3, -0.25) is 0 Å². The monoisotopic (exact) mass is 324 g/mol. The van der Waals surface area contributed by atoms with Crippen LogP contribution in [0.2, 0.25) is 0 Å². The van der Waals surface area contributed by atoms with Gasteiger partial charge in [0.25, 0.3) is 0 Å². The van der Waals surface area contributed by atoms with E-state index < -0.39 is 0 Å². The van der Waals surface area contributed by atoms with E-state index in [4.69, 9.17) is 13.7 Å². The fourth-order valence-electron chi connectivity index (χ4n) is 3.05. The van der Waals surface area contributed by atoms with Gasteiger partial charge in [0, 0.05) is 84.1 Å². The number of fused-ring (bicyclic) bond motifs is 15. The van der Waals surface area contributed by atoms with Gasteiger partial charge in [-0.05, 0) is 0 Å². The first kappa shape index (κ1) is 19.1. The molecule has 0 aromatic carbocycles. The first-order chi connectivity index (χ1) is 11.2. The summed E-state index contributed by atoms with van der Waals surface area (Å²) in [6, 6.07) is 0. The van der Waals surface area contributed by atoms with Crippen molar-refractivity contribution in [1.82, 2.24) is 37.1 Å². The second kappa shape index (κ2) is 9.90. The summed E-state index contributed by atoms with van der Waals surface area (Å²) in [5.41, 5.74) is 6.08. The molecule has 2 bridgehead atoms. The van der Waals surface area contributed by atoms with Crippen LogP contribution in [-0.4, -0.2) is 97.6 Å². The molecule has 23 heavy (non-hydrogen) atoms. The van der Waals surface area contributed by atoms with E-state index in [2.05, 4.69) is 37.1 Å². The predicted molar refractivity (Wildman–Crippen MR) is 95.8 cm³/mol. The molecule has 8 nitrogen and oxygen atoms in total. The average molecular weight is 324 g/mol. The Morgan fingerprint density at radius 2 is 0.913 bits per heavy atom. The van der Waals surface area contributed by atoms with Crippen molar-refractivity contribution in [2.24, 2.45) is 5.73 Å². The predicted octanol–water partition coefficient (Wildman–Crippen LogP) is -4.34. The first-order valence-corrected chi connectivity index (χ1v) is 8.69. The highest BCUT2D eigenvalue weighted by atomic mass is 15.1. The standard InChI is InChI=1S/C14H33BN8/c15-23-14-10-20-4-1-17-7-13(16,8-18-2-5-21-11-14)9-19-3-6-22-12-14/h17-23H,1-12,16H2. The summed E-state index contributed by atoms with van der Waals surface area (Å²) in [6.45, 7) is 10.1. The van der Waals surface area contributed by atoms with Crippen LogP contribution in [-0.2, 0) is 0 Å². The van der Waals surface area contributed by atoms with Crippen LogP contribution in [0.5, 0.6) is 0 Å². The van der Waals surface area contributed by atoms with Crippen molar-refractivity contribution < 1.29 is 0 Å². The summed E-state index contributed by atoms with van der Waals surface area (Å²) in [4.78, 5) is 0. The minimum Gasteiger partial charge on any atom is -0.358 e. The maximum absolute atomic E-state index is 6.57. The molecular formula is C14H33BN8. The van der Waals surface area contributed by atoms with Crippen molar-refractivity contribution in [3.8, 4) is 0 Å². The molecule has 0 aromatic rings. The number of nitrogens with two attached hydrogens (primary N) is 1. The number of rotatable bonds is 1. The maximum Gasteiger partial charge on any atom is 0.178 e. The van der Waals surface area contributed by atoms with E-state index in [0.717, 1.165) is 78.5 Å². The van der Waals surface area contributed by atoms with Gasteiger partial charge in [0.15, 0.2) is 7.98 Å². The van der Waals surface area contributed by atoms with Gasteiger partial charge in [0.2, 0.25) is 0 Å². The molecular weight excluding hydrogens is 291 g/mol. The van der Waals surface area contributed by atoms with Gasteiger partial charge >= 0.3 is 0 Å². The maximum atomic E-state index is 6.57. The van der Waals surface area contributed by atoms with E-state index in [9.17, 15) is 0 Å². The van der Waals surface area contributed by atoms with Crippen molar-refractivity contribution in [2.75, 3.05) is 78.5 Å². The molecule has 3 aliphatic heterocycles. The average Bonchev–Trinajstić information content (AvgIpc) is 2.56. The Morgan fingerprint density at radius 1 is 0.609 bits per heavy atom. The van der Waals surface area contributed by atoms with E-state index >= 15 is 0 Å². The zero-order valence-corrected chi connectivity index (χ0v) is 14.1. The van der Waals surface area contributed by atoms with Gasteiger partial charge in [-0.15, -0.1) is 0 Å². The van der Waals surface area contributed by atoms with Gasteiger partial charge in [-0.25, -0.2) is 0 Å². The number of nitrogens with one attached hydrogen (secondary N) is 7. The van der Waals surface area contributed by atoms with E-state index in [1.807, 2.05) is 0 Å². The molecule has 0 atom stereocenters. The van der Waals surface area contributed by atoms with Crippen molar-refractivity contribution in [3.05, 3.63) is 0 Å². The lowest BCUT2D eigenvalue weighted by atomic mass is 9.96. The second-order valence-corrected chi connectivity index (χ2v) is 6.85. The molecule has 0 unspecified atom stereocenters. The molecule has 3 aliphatic rings. The van der Waals surface area contributed by atoms with Crippen LogP contribution in [0.25, 0.3) is 0 Å². The molecule has 0 saturated carbocycles. The third-order valence-electron chi connectivity index (χ3n) is 4.56. The molecule has 3 fully saturated rings. The second-order valence-electron chi connectivity index (χ2n) is 6.85. The normalized spacial score (nSPS) is 36.2. The highest BCUT2D eigenvalue weighted by Crippen LogP contribution is 2.01. The van der Waals surface area contributed by atoms with Crippen molar-refractivity contribution in [2.45, 2.75) is 11.1 Å². The molecule has 2 radical (unpaired) electrons. The summed E-state index contributed by atoms with van der Waals surface area (Å²) in [6.07, 6.45) is 0. The van der Waals surface area contributed by atoms with Gasteiger partial charge in [-0.1, -0.05) is 0 Å². The van der Waals surface area contributed by atoms with Crippen LogP contribution < -0.4 is 42.9 Å². The van der Waals surface area contributed by atoms with Gasteiger partial charge in [-0.2, -0.15) is 0 Å². The highest BCUT2D eigenvalue weighted by molar-refractivity contribution is 6.05. The third-order valence-corrected chi connectivity index (χ3v) is 4.56. The quantitative estimate of drug-likeness (QED) is 0.229. The Labute approximate surface area is 141 Å². The molecule has 3 saturated heterocycles. The lowest BCUT2D eigenvalue weighted by molar-refractivity contribution is 0.303. The molecule has 3 heterocycles. The van der Waals surface area contributed by atoms with Gasteiger partial charge in [0.1, 0.15) is 0 Å². The first-order valence-electron chi connectivity index (χ1n) is 8.69. The summed E-state index contributed by atoms with van der Waals surface area (Å²) in [5.74, 6) is 0. The van der Waals surface area contributed by atoms with Crippen LogP contribution in [0, 0.1) is 0 Å². The van der Waals surface area contributed by atoms with Crippen LogP contribution in [0.4, 0.5) is 0 Å². The number of hydrogen-bond acceptors (Lipinski definition) is 8. The van der Waals surface area contributed by atoms with Crippen LogP contribution in [0.3, 0.4) is 0 Å². The van der Waals surface area contributed by atoms with Crippen LogP contribution in [0.1, 0.15) is 0 Å². The van der Waals surface area contributed by atoms with Crippen LogP contribution in [0.15, 0.2) is 0 Å². The molecule has 0 amide bonds. The summed E-state index contributed by atoms with van der Waals surface area (Å²) in [7, 11) is 5.88. The van der Waals surface area contributed by atoms with Crippen molar-refractivity contribution >= 4 is 7.98 Å². The molecule has 9 heteroatoms. The summed E-state index contributed by atoms with van der Waals surface area (Å²) < 4.78 is 0. The zero-order chi connectivity index (χ0) is 16.4. The Kier molecular flexibility index (Phi) is 8.21. The Morgan fingerprint density at radius 3 is 1.22 bits per heavy atom. The van der Waals surface area contributed by atoms with Crippen molar-refractivity contribution in [3.63, 3.8) is 0 Å². The number of hydrogen-bond donors (Lipinski definition) is 8. The third kappa shape index (κ3) is 6.63. The fourth-order valence-corrected chi connectivity index (χ4v) is 3.05.